The first kappa shape index (κ1) is 17.3. The van der Waals surface area contributed by atoms with Gasteiger partial charge in [0.15, 0.2) is 5.65 Å². The molecule has 4 aromatic heterocycles. The average molecular weight is 364 g/mol. The fourth-order valence-electron chi connectivity index (χ4n) is 3.43. The third kappa shape index (κ3) is 3.32. The van der Waals surface area contributed by atoms with Gasteiger partial charge in [0.2, 0.25) is 0 Å². The van der Waals surface area contributed by atoms with E-state index in [1.807, 2.05) is 42.3 Å². The van der Waals surface area contributed by atoms with E-state index >= 15 is 0 Å². The fourth-order valence-corrected chi connectivity index (χ4v) is 3.43. The monoisotopic (exact) mass is 364 g/mol. The molecule has 0 fully saturated rings. The Morgan fingerprint density at radius 3 is 2.85 bits per heavy atom. The quantitative estimate of drug-likeness (QED) is 0.504. The van der Waals surface area contributed by atoms with Gasteiger partial charge in [-0.3, -0.25) is 0 Å². The van der Waals surface area contributed by atoms with Gasteiger partial charge < -0.3 is 14.3 Å². The van der Waals surface area contributed by atoms with Crippen molar-refractivity contribution < 1.29 is 4.42 Å². The second-order valence-electron chi connectivity index (χ2n) is 6.65. The molecule has 4 rings (SSSR count). The minimum Gasteiger partial charge on any atom is -0.469 e. The Hall–Kier alpha value is -3.09. The van der Waals surface area contributed by atoms with Gasteiger partial charge in [0.05, 0.1) is 18.3 Å². The minimum absolute atomic E-state index is 0.845. The Kier molecular flexibility index (Phi) is 4.66. The molecule has 0 unspecified atom stereocenters. The number of hydrogen-bond acceptors (Lipinski definition) is 5. The normalized spacial score (nSPS) is 11.4. The second kappa shape index (κ2) is 7.26. The minimum atomic E-state index is 0.845. The van der Waals surface area contributed by atoms with Crippen LogP contribution in [-0.4, -0.2) is 30.7 Å². The van der Waals surface area contributed by atoms with Crippen LogP contribution < -0.4 is 5.32 Å². The van der Waals surface area contributed by atoms with E-state index in [9.17, 15) is 0 Å². The van der Waals surface area contributed by atoms with E-state index in [-0.39, 0.29) is 0 Å². The summed E-state index contributed by atoms with van der Waals surface area (Å²) in [5.74, 6) is 1.89. The molecule has 0 aliphatic heterocycles. The summed E-state index contributed by atoms with van der Waals surface area (Å²) in [5, 5.41) is 8.40. The zero-order valence-corrected chi connectivity index (χ0v) is 15.9. The van der Waals surface area contributed by atoms with Crippen molar-refractivity contribution in [3.63, 3.8) is 0 Å². The molecule has 0 aliphatic carbocycles. The first-order chi connectivity index (χ1) is 13.2. The van der Waals surface area contributed by atoms with Crippen LogP contribution in [0.3, 0.4) is 0 Å². The van der Waals surface area contributed by atoms with E-state index in [1.165, 1.54) is 5.56 Å². The lowest BCUT2D eigenvalue weighted by Crippen LogP contribution is -2.13. The van der Waals surface area contributed by atoms with Gasteiger partial charge in [-0.05, 0) is 32.8 Å². The van der Waals surface area contributed by atoms with Gasteiger partial charge in [-0.1, -0.05) is 6.92 Å². The molecule has 0 atom stereocenters. The molecule has 27 heavy (non-hydrogen) atoms. The van der Waals surface area contributed by atoms with Gasteiger partial charge >= 0.3 is 0 Å². The van der Waals surface area contributed by atoms with Crippen LogP contribution in [0.25, 0.3) is 16.9 Å². The number of anilines is 1. The summed E-state index contributed by atoms with van der Waals surface area (Å²) in [6.45, 7) is 7.94. The summed E-state index contributed by atoms with van der Waals surface area (Å²) in [6, 6.07) is 3.96. The van der Waals surface area contributed by atoms with Crippen molar-refractivity contribution in [2.24, 2.45) is 0 Å². The molecular formula is C20H24N6O. The van der Waals surface area contributed by atoms with Gasteiger partial charge in [-0.2, -0.15) is 9.61 Å². The molecule has 7 heteroatoms. The van der Waals surface area contributed by atoms with E-state index in [4.69, 9.17) is 14.5 Å². The molecule has 0 saturated carbocycles. The first-order valence-electron chi connectivity index (χ1n) is 9.30. The highest BCUT2D eigenvalue weighted by Gasteiger charge is 2.16. The summed E-state index contributed by atoms with van der Waals surface area (Å²) in [7, 11) is 0. The molecule has 0 aromatic carbocycles. The van der Waals surface area contributed by atoms with Gasteiger partial charge in [0, 0.05) is 48.4 Å². The Bertz CT molecular complexity index is 1040. The van der Waals surface area contributed by atoms with Crippen LogP contribution in [0.2, 0.25) is 0 Å². The van der Waals surface area contributed by atoms with Crippen molar-refractivity contribution in [1.82, 2.24) is 24.1 Å². The molecule has 4 heterocycles. The summed E-state index contributed by atoms with van der Waals surface area (Å²) in [4.78, 5) is 8.84. The molecule has 0 radical (unpaired) electrons. The number of rotatable bonds is 7. The van der Waals surface area contributed by atoms with Crippen LogP contribution in [0.4, 0.5) is 5.82 Å². The maximum Gasteiger partial charge on any atom is 0.158 e. The molecule has 0 aliphatic rings. The predicted octanol–water partition coefficient (Wildman–Crippen LogP) is 3.87. The van der Waals surface area contributed by atoms with Gasteiger partial charge in [0.1, 0.15) is 11.6 Å². The number of nitrogens with one attached hydrogen (secondary N) is 1. The number of imidazole rings is 1. The topological polar surface area (TPSA) is 73.2 Å². The van der Waals surface area contributed by atoms with E-state index in [0.29, 0.717) is 0 Å². The van der Waals surface area contributed by atoms with Gasteiger partial charge in [-0.25, -0.2) is 9.97 Å². The van der Waals surface area contributed by atoms with Crippen molar-refractivity contribution in [1.29, 1.82) is 0 Å². The number of hydrogen-bond donors (Lipinski definition) is 1. The predicted molar refractivity (Wildman–Crippen MR) is 105 cm³/mol. The van der Waals surface area contributed by atoms with Gasteiger partial charge in [-0.15, -0.1) is 0 Å². The average Bonchev–Trinajstić information content (AvgIpc) is 3.38. The van der Waals surface area contributed by atoms with E-state index in [0.717, 1.165) is 60.1 Å². The second-order valence-corrected chi connectivity index (χ2v) is 6.65. The molecule has 0 bridgehead atoms. The lowest BCUT2D eigenvalue weighted by atomic mass is 10.1. The summed E-state index contributed by atoms with van der Waals surface area (Å²) in [5.41, 5.74) is 4.96. The van der Waals surface area contributed by atoms with Crippen molar-refractivity contribution in [2.75, 3.05) is 11.9 Å². The maximum absolute atomic E-state index is 5.44. The smallest absolute Gasteiger partial charge is 0.158 e. The third-order valence-electron chi connectivity index (χ3n) is 4.84. The Balaban J connectivity index is 1.64. The van der Waals surface area contributed by atoms with Crippen molar-refractivity contribution in [3.05, 3.63) is 54.1 Å². The zero-order chi connectivity index (χ0) is 18.8. The molecular weight excluding hydrogens is 340 g/mol. The third-order valence-corrected chi connectivity index (χ3v) is 4.84. The highest BCUT2D eigenvalue weighted by molar-refractivity contribution is 5.68. The number of aromatic nitrogens is 5. The highest BCUT2D eigenvalue weighted by Crippen LogP contribution is 2.27. The van der Waals surface area contributed by atoms with Crippen molar-refractivity contribution in [2.45, 2.75) is 40.2 Å². The maximum atomic E-state index is 5.44. The lowest BCUT2D eigenvalue weighted by Gasteiger charge is -2.14. The molecule has 0 saturated heterocycles. The van der Waals surface area contributed by atoms with Crippen LogP contribution in [0.15, 0.2) is 41.5 Å². The van der Waals surface area contributed by atoms with Crippen LogP contribution in [-0.2, 0) is 13.0 Å². The standard InChI is InChI=1S/C20H24N6O/c1-4-16-14(2)23-19-12-18(17-6-11-27-15(17)3)24-26(19)20(16)22-7-5-9-25-10-8-21-13-25/h6,8,10-13,22H,4-5,7,9H2,1-3H3. The summed E-state index contributed by atoms with van der Waals surface area (Å²) >= 11 is 0. The lowest BCUT2D eigenvalue weighted by molar-refractivity contribution is 0.535. The Morgan fingerprint density at radius 2 is 2.15 bits per heavy atom. The number of aryl methyl sites for hydroxylation is 3. The van der Waals surface area contributed by atoms with E-state index < -0.39 is 0 Å². The van der Waals surface area contributed by atoms with Crippen LogP contribution in [0.1, 0.15) is 30.4 Å². The van der Waals surface area contributed by atoms with E-state index in [2.05, 4.69) is 28.7 Å². The molecule has 4 aromatic rings. The highest BCUT2D eigenvalue weighted by atomic mass is 16.3. The molecule has 0 amide bonds. The molecule has 7 nitrogen and oxygen atoms in total. The van der Waals surface area contributed by atoms with Crippen LogP contribution in [0, 0.1) is 13.8 Å². The van der Waals surface area contributed by atoms with Gasteiger partial charge in [0.25, 0.3) is 0 Å². The van der Waals surface area contributed by atoms with Crippen molar-refractivity contribution >= 4 is 11.5 Å². The van der Waals surface area contributed by atoms with Crippen molar-refractivity contribution in [3.8, 4) is 11.3 Å². The fraction of sp³-hybridized carbons (Fsp3) is 0.350. The summed E-state index contributed by atoms with van der Waals surface area (Å²) in [6.07, 6.45) is 9.23. The Labute approximate surface area is 158 Å². The molecule has 140 valence electrons. The number of nitrogens with zero attached hydrogens (tertiary/aromatic N) is 5. The number of fused-ring (bicyclic) bond motifs is 1. The molecule has 1 N–H and O–H groups in total. The molecule has 0 spiro atoms. The largest absolute Gasteiger partial charge is 0.469 e. The zero-order valence-electron chi connectivity index (χ0n) is 15.9. The van der Waals surface area contributed by atoms with E-state index in [1.54, 1.807) is 6.26 Å². The SMILES string of the molecule is CCc1c(C)nc2cc(-c3ccoc3C)nn2c1NCCCn1ccnc1. The first-order valence-corrected chi connectivity index (χ1v) is 9.30. The van der Waals surface area contributed by atoms with Crippen LogP contribution >= 0.6 is 0 Å². The number of furan rings is 1. The van der Waals surface area contributed by atoms with Crippen LogP contribution in [0.5, 0.6) is 0 Å². The Morgan fingerprint density at radius 1 is 1.26 bits per heavy atom. The summed E-state index contributed by atoms with van der Waals surface area (Å²) < 4.78 is 9.44.